The molecule has 1 saturated carbocycles. The van der Waals surface area contributed by atoms with Crippen LogP contribution in [0.2, 0.25) is 0 Å². The number of methoxy groups -OCH3 is 1. The Bertz CT molecular complexity index is 1500. The summed E-state index contributed by atoms with van der Waals surface area (Å²) in [7, 11) is -1.95. The van der Waals surface area contributed by atoms with E-state index in [1.807, 2.05) is 4.90 Å². The molecule has 0 radical (unpaired) electrons. The maximum absolute atomic E-state index is 13.9. The van der Waals surface area contributed by atoms with Gasteiger partial charge >= 0.3 is 5.56 Å². The smallest absolute Gasteiger partial charge is 0.316 e. The molecule has 1 aromatic heterocycles. The Balaban J connectivity index is 1.37. The molecule has 5 rings (SSSR count). The quantitative estimate of drug-likeness (QED) is 0.387. The first-order chi connectivity index (χ1) is 19.1. The van der Waals surface area contributed by atoms with Crippen molar-refractivity contribution in [2.24, 2.45) is 5.92 Å². The van der Waals surface area contributed by atoms with Crippen molar-refractivity contribution in [2.75, 3.05) is 50.5 Å². The van der Waals surface area contributed by atoms with Gasteiger partial charge in [0.15, 0.2) is 0 Å². The molecule has 1 aliphatic heterocycles. The second-order valence-corrected chi connectivity index (χ2v) is 12.1. The first-order valence-electron chi connectivity index (χ1n) is 12.9. The van der Waals surface area contributed by atoms with Gasteiger partial charge in [0, 0.05) is 51.6 Å². The van der Waals surface area contributed by atoms with Crippen LogP contribution in [0, 0.1) is 17.6 Å². The van der Waals surface area contributed by atoms with Crippen LogP contribution in [0.5, 0.6) is 5.75 Å². The van der Waals surface area contributed by atoms with E-state index in [1.165, 1.54) is 10.5 Å². The molecule has 214 valence electrons. The lowest BCUT2D eigenvalue weighted by molar-refractivity contribution is 0.0173. The molecule has 3 aromatic rings. The number of benzene rings is 2. The molecule has 0 bridgehead atoms. The normalized spacial score (nSPS) is 19.8. The van der Waals surface area contributed by atoms with Crippen LogP contribution in [-0.2, 0) is 20.5 Å². The number of nitrogens with zero attached hydrogens (tertiary/aromatic N) is 4. The molecule has 0 unspecified atom stereocenters. The van der Waals surface area contributed by atoms with E-state index in [0.717, 1.165) is 16.8 Å². The number of nitrogen functional groups attached to an aromatic ring is 1. The fraction of sp³-hybridized carbons (Fsp3) is 0.407. The topological polar surface area (TPSA) is 120 Å². The number of ether oxygens (including phenoxy) is 2. The van der Waals surface area contributed by atoms with Crippen molar-refractivity contribution in [1.29, 1.82) is 0 Å². The number of hydrogen-bond acceptors (Lipinski definition) is 8. The summed E-state index contributed by atoms with van der Waals surface area (Å²) in [6.45, 7) is 1.59. The Morgan fingerprint density at radius 2 is 1.68 bits per heavy atom. The van der Waals surface area contributed by atoms with Crippen molar-refractivity contribution in [3.05, 3.63) is 76.2 Å². The van der Waals surface area contributed by atoms with Crippen molar-refractivity contribution in [1.82, 2.24) is 14.1 Å². The van der Waals surface area contributed by atoms with Gasteiger partial charge in [-0.1, -0.05) is 12.1 Å². The lowest BCUT2D eigenvalue weighted by Gasteiger charge is -2.38. The number of hydrogen-bond donors (Lipinski definition) is 1. The highest BCUT2D eigenvalue weighted by molar-refractivity contribution is 7.88. The van der Waals surface area contributed by atoms with E-state index in [-0.39, 0.29) is 36.4 Å². The minimum absolute atomic E-state index is 0.0127. The number of rotatable bonds is 9. The average Bonchev–Trinajstić information content (AvgIpc) is 2.89. The largest absolute Gasteiger partial charge is 0.483 e. The zero-order chi connectivity index (χ0) is 28.4. The lowest BCUT2D eigenvalue weighted by Crippen LogP contribution is -2.49. The van der Waals surface area contributed by atoms with Crippen LogP contribution in [0.25, 0.3) is 5.69 Å². The molecule has 13 heteroatoms. The van der Waals surface area contributed by atoms with Crippen molar-refractivity contribution in [3.8, 4) is 11.4 Å². The van der Waals surface area contributed by atoms with Crippen LogP contribution in [-0.4, -0.2) is 68.5 Å². The maximum Gasteiger partial charge on any atom is 0.316 e. The Hall–Kier alpha value is -3.55. The fourth-order valence-corrected chi connectivity index (χ4v) is 6.56. The molecular weight excluding hydrogens is 544 g/mol. The SMILES string of the molecule is COCC1CC(Oc2c(N3CCN(S(=O)(=O)Cc4ccc(N)cc4)CC3)cnn(-c3cc(F)cc(F)c3)c2=O)C1. The Morgan fingerprint density at radius 3 is 2.30 bits per heavy atom. The van der Waals surface area contributed by atoms with Gasteiger partial charge < -0.3 is 20.1 Å². The third-order valence-corrected chi connectivity index (χ3v) is 9.04. The number of sulfonamides is 1. The zero-order valence-corrected chi connectivity index (χ0v) is 22.8. The Kier molecular flexibility index (Phi) is 8.06. The maximum atomic E-state index is 13.9. The summed E-state index contributed by atoms with van der Waals surface area (Å²) < 4.78 is 67.6. The molecule has 1 aliphatic carbocycles. The average molecular weight is 576 g/mol. The van der Waals surface area contributed by atoms with Gasteiger partial charge in [-0.25, -0.2) is 17.2 Å². The van der Waals surface area contributed by atoms with Crippen molar-refractivity contribution >= 4 is 21.4 Å². The summed E-state index contributed by atoms with van der Waals surface area (Å²) in [5.74, 6) is -1.50. The molecule has 2 fully saturated rings. The lowest BCUT2D eigenvalue weighted by atomic mass is 9.83. The minimum atomic E-state index is -3.58. The van der Waals surface area contributed by atoms with Gasteiger partial charge in [-0.05, 0) is 48.6 Å². The van der Waals surface area contributed by atoms with E-state index in [0.29, 0.717) is 61.5 Å². The van der Waals surface area contributed by atoms with Crippen molar-refractivity contribution in [3.63, 3.8) is 0 Å². The molecule has 0 atom stereocenters. The van der Waals surface area contributed by atoms with E-state index in [2.05, 4.69) is 5.10 Å². The van der Waals surface area contributed by atoms with Gasteiger partial charge in [0.05, 0.1) is 23.7 Å². The highest BCUT2D eigenvalue weighted by Gasteiger charge is 2.34. The summed E-state index contributed by atoms with van der Waals surface area (Å²) >= 11 is 0. The van der Waals surface area contributed by atoms with Crippen LogP contribution in [0.3, 0.4) is 0 Å². The van der Waals surface area contributed by atoms with E-state index in [1.54, 1.807) is 31.4 Å². The summed E-state index contributed by atoms with van der Waals surface area (Å²) in [5, 5.41) is 4.18. The Labute approximate surface area is 231 Å². The fourth-order valence-electron chi connectivity index (χ4n) is 5.04. The first-order valence-corrected chi connectivity index (χ1v) is 14.6. The van der Waals surface area contributed by atoms with E-state index < -0.39 is 27.2 Å². The number of anilines is 2. The van der Waals surface area contributed by atoms with E-state index in [4.69, 9.17) is 15.2 Å². The summed E-state index contributed by atoms with van der Waals surface area (Å²) in [6.07, 6.45) is 2.58. The molecule has 0 amide bonds. The molecular formula is C27H31F2N5O5S. The second-order valence-electron chi connectivity index (χ2n) is 10.1. The molecule has 10 nitrogen and oxygen atoms in total. The van der Waals surface area contributed by atoms with Gasteiger partial charge in [-0.3, -0.25) is 4.79 Å². The van der Waals surface area contributed by atoms with E-state index >= 15 is 0 Å². The standard InChI is InChI=1S/C27H31F2N5O5S/c1-38-16-19-10-24(11-19)39-26-25(15-31-34(27(26)35)23-13-20(28)12-21(29)14-23)32-6-8-33(9-7-32)40(36,37)17-18-2-4-22(30)5-3-18/h2-5,12-15,19,24H,6-11,16-17,30H2,1H3. The third-order valence-electron chi connectivity index (χ3n) is 7.19. The van der Waals surface area contributed by atoms with Crippen LogP contribution in [0.1, 0.15) is 18.4 Å². The molecule has 2 aliphatic rings. The van der Waals surface area contributed by atoms with E-state index in [9.17, 15) is 22.0 Å². The minimum Gasteiger partial charge on any atom is -0.483 e. The predicted octanol–water partition coefficient (Wildman–Crippen LogP) is 2.55. The van der Waals surface area contributed by atoms with Crippen molar-refractivity contribution < 1.29 is 26.7 Å². The van der Waals surface area contributed by atoms with Crippen LogP contribution in [0.4, 0.5) is 20.2 Å². The number of piperazine rings is 1. The molecule has 40 heavy (non-hydrogen) atoms. The third kappa shape index (κ3) is 6.11. The molecule has 2 aromatic carbocycles. The summed E-state index contributed by atoms with van der Waals surface area (Å²) in [6, 6.07) is 9.46. The monoisotopic (exact) mass is 575 g/mol. The second kappa shape index (κ2) is 11.5. The molecule has 2 N–H and O–H groups in total. The van der Waals surface area contributed by atoms with Gasteiger partial charge in [0.1, 0.15) is 17.3 Å². The predicted molar refractivity (Wildman–Crippen MR) is 146 cm³/mol. The summed E-state index contributed by atoms with van der Waals surface area (Å²) in [4.78, 5) is 15.4. The van der Waals surface area contributed by atoms with Gasteiger partial charge in [-0.2, -0.15) is 14.1 Å². The highest BCUT2D eigenvalue weighted by atomic mass is 32.2. The molecule has 0 spiro atoms. The number of halogens is 2. The number of aromatic nitrogens is 2. The molecule has 2 heterocycles. The van der Waals surface area contributed by atoms with Crippen LogP contribution < -0.4 is 20.9 Å². The van der Waals surface area contributed by atoms with Gasteiger partial charge in [-0.15, -0.1) is 0 Å². The highest BCUT2D eigenvalue weighted by Crippen LogP contribution is 2.34. The zero-order valence-electron chi connectivity index (χ0n) is 22.0. The number of nitrogens with two attached hydrogens (primary N) is 1. The van der Waals surface area contributed by atoms with Crippen LogP contribution in [0.15, 0.2) is 53.5 Å². The van der Waals surface area contributed by atoms with Gasteiger partial charge in [0.25, 0.3) is 0 Å². The summed E-state index contributed by atoms with van der Waals surface area (Å²) in [5.41, 5.74) is 6.58. The van der Waals surface area contributed by atoms with Crippen LogP contribution >= 0.6 is 0 Å². The van der Waals surface area contributed by atoms with Crippen molar-refractivity contribution in [2.45, 2.75) is 24.7 Å². The van der Waals surface area contributed by atoms with Gasteiger partial charge in [0.2, 0.25) is 15.8 Å². The Morgan fingerprint density at radius 1 is 1.02 bits per heavy atom. The first kappa shape index (κ1) is 28.0. The molecule has 1 saturated heterocycles.